The van der Waals surface area contributed by atoms with Crippen LogP contribution in [-0.2, 0) is 4.79 Å². The zero-order valence-electron chi connectivity index (χ0n) is 14.0. The van der Waals surface area contributed by atoms with Gasteiger partial charge in [0.2, 0.25) is 0 Å². The van der Waals surface area contributed by atoms with Gasteiger partial charge in [0.1, 0.15) is 5.82 Å². The molecule has 1 atom stereocenters. The van der Waals surface area contributed by atoms with Crippen LogP contribution in [0.15, 0.2) is 63.2 Å². The first kappa shape index (κ1) is 15.4. The van der Waals surface area contributed by atoms with Crippen molar-refractivity contribution in [2.75, 3.05) is 5.32 Å². The third-order valence-electron chi connectivity index (χ3n) is 5.13. The van der Waals surface area contributed by atoms with E-state index in [1.165, 1.54) is 0 Å². The Morgan fingerprint density at radius 1 is 1.08 bits per heavy atom. The summed E-state index contributed by atoms with van der Waals surface area (Å²) in [5.74, 6) is 0.546. The molecule has 0 amide bonds. The van der Waals surface area contributed by atoms with Gasteiger partial charge in [0, 0.05) is 23.6 Å². The summed E-state index contributed by atoms with van der Waals surface area (Å²) in [6.07, 6.45) is 2.23. The number of hydrogen-bond donors (Lipinski definition) is 2. The van der Waals surface area contributed by atoms with Crippen molar-refractivity contribution in [2.45, 2.75) is 25.2 Å². The normalized spacial score (nSPS) is 19.1. The van der Waals surface area contributed by atoms with Gasteiger partial charge >= 0.3 is 0 Å². The Balaban J connectivity index is 1.75. The van der Waals surface area contributed by atoms with Gasteiger partial charge in [-0.1, -0.05) is 18.2 Å². The molecule has 130 valence electrons. The number of allylic oxidation sites excluding steroid dienone is 2. The van der Waals surface area contributed by atoms with Crippen LogP contribution in [0.4, 0.5) is 5.82 Å². The number of nitrogens with zero attached hydrogens (tertiary/aromatic N) is 1. The average Bonchev–Trinajstić information content (AvgIpc) is 3.30. The Morgan fingerprint density at radius 3 is 2.69 bits per heavy atom. The standard InChI is InChI=1S/C20H17N3O2S/c24-15-8-4-7-14-17(15)16(12-9-10-26-11-12)18-19(21-14)22-23(20(18)25)13-5-2-1-3-6-13/h1-3,5-6,9-11,16,21-22H,4,7-8H2/t16-/m1/s1. The Hall–Kier alpha value is -2.86. The minimum absolute atomic E-state index is 0.111. The minimum Gasteiger partial charge on any atom is -0.343 e. The maximum atomic E-state index is 13.3. The van der Waals surface area contributed by atoms with Crippen LogP contribution in [0.1, 0.15) is 36.3 Å². The molecule has 26 heavy (non-hydrogen) atoms. The van der Waals surface area contributed by atoms with E-state index in [9.17, 15) is 9.59 Å². The van der Waals surface area contributed by atoms with Gasteiger partial charge < -0.3 is 5.32 Å². The monoisotopic (exact) mass is 363 g/mol. The zero-order chi connectivity index (χ0) is 17.7. The molecule has 1 aliphatic heterocycles. The minimum atomic E-state index is -0.297. The van der Waals surface area contributed by atoms with Crippen molar-refractivity contribution in [3.05, 3.63) is 79.9 Å². The topological polar surface area (TPSA) is 66.9 Å². The van der Waals surface area contributed by atoms with Gasteiger partial charge in [0.25, 0.3) is 5.56 Å². The molecule has 2 N–H and O–H groups in total. The number of fused-ring (bicyclic) bond motifs is 1. The molecule has 0 radical (unpaired) electrons. The number of aromatic nitrogens is 2. The number of carbonyl (C=O) groups excluding carboxylic acids is 1. The number of carbonyl (C=O) groups is 1. The summed E-state index contributed by atoms with van der Waals surface area (Å²) in [4.78, 5) is 26.0. The molecule has 6 heteroatoms. The number of nitrogens with one attached hydrogen (secondary N) is 2. The predicted octanol–water partition coefficient (Wildman–Crippen LogP) is 3.79. The highest BCUT2D eigenvalue weighted by Crippen LogP contribution is 2.43. The number of H-pyrrole nitrogens is 1. The van der Waals surface area contributed by atoms with Gasteiger partial charge in [-0.15, -0.1) is 0 Å². The predicted molar refractivity (Wildman–Crippen MR) is 102 cm³/mol. The van der Waals surface area contributed by atoms with Gasteiger partial charge in [-0.05, 0) is 47.4 Å². The molecule has 3 aromatic rings. The van der Waals surface area contributed by atoms with Crippen LogP contribution in [0.5, 0.6) is 0 Å². The third-order valence-corrected chi connectivity index (χ3v) is 5.83. The molecule has 1 aromatic carbocycles. The molecule has 5 rings (SSSR count). The first-order valence-corrected chi connectivity index (χ1v) is 9.64. The molecule has 1 aliphatic carbocycles. The molecular formula is C20H17N3O2S. The number of para-hydroxylation sites is 1. The van der Waals surface area contributed by atoms with Crippen LogP contribution in [0, 0.1) is 0 Å². The molecule has 0 bridgehead atoms. The Bertz CT molecular complexity index is 1070. The highest BCUT2D eigenvalue weighted by molar-refractivity contribution is 7.08. The van der Waals surface area contributed by atoms with Gasteiger partial charge in [-0.25, -0.2) is 4.68 Å². The quantitative estimate of drug-likeness (QED) is 0.728. The largest absolute Gasteiger partial charge is 0.343 e. The number of ketones is 1. The summed E-state index contributed by atoms with van der Waals surface area (Å²) in [6, 6.07) is 11.5. The van der Waals surface area contributed by atoms with Crippen molar-refractivity contribution < 1.29 is 4.79 Å². The Kier molecular flexibility index (Phi) is 3.46. The van der Waals surface area contributed by atoms with Crippen LogP contribution in [0.3, 0.4) is 0 Å². The average molecular weight is 363 g/mol. The number of anilines is 1. The van der Waals surface area contributed by atoms with Crippen LogP contribution in [0.25, 0.3) is 5.69 Å². The number of hydrogen-bond acceptors (Lipinski definition) is 4. The van der Waals surface area contributed by atoms with Crippen LogP contribution < -0.4 is 10.9 Å². The van der Waals surface area contributed by atoms with Gasteiger partial charge in [0.05, 0.1) is 11.3 Å². The number of thiophene rings is 1. The summed E-state index contributed by atoms with van der Waals surface area (Å²) < 4.78 is 1.56. The molecule has 3 heterocycles. The molecule has 0 spiro atoms. The van der Waals surface area contributed by atoms with Crippen molar-refractivity contribution in [1.82, 2.24) is 9.78 Å². The molecule has 0 fully saturated rings. The second-order valence-electron chi connectivity index (χ2n) is 6.66. The molecule has 0 unspecified atom stereocenters. The Labute approximate surface area is 154 Å². The molecule has 0 saturated heterocycles. The first-order valence-electron chi connectivity index (χ1n) is 8.69. The maximum Gasteiger partial charge on any atom is 0.277 e. The van der Waals surface area contributed by atoms with E-state index in [-0.39, 0.29) is 17.3 Å². The number of Topliss-reactive ketones (excluding diaryl/α,β-unsaturated/α-hetero) is 1. The molecule has 0 saturated carbocycles. The summed E-state index contributed by atoms with van der Waals surface area (Å²) in [5, 5.41) is 10.6. The maximum absolute atomic E-state index is 13.3. The van der Waals surface area contributed by atoms with E-state index < -0.39 is 0 Å². The van der Waals surface area contributed by atoms with E-state index in [4.69, 9.17) is 0 Å². The lowest BCUT2D eigenvalue weighted by Crippen LogP contribution is -2.29. The number of rotatable bonds is 2. The second-order valence-corrected chi connectivity index (χ2v) is 7.44. The summed E-state index contributed by atoms with van der Waals surface area (Å²) in [6.45, 7) is 0. The van der Waals surface area contributed by atoms with E-state index >= 15 is 0 Å². The first-order chi connectivity index (χ1) is 12.7. The van der Waals surface area contributed by atoms with E-state index in [1.54, 1.807) is 16.0 Å². The highest BCUT2D eigenvalue weighted by atomic mass is 32.1. The fourth-order valence-electron chi connectivity index (χ4n) is 3.97. The van der Waals surface area contributed by atoms with Crippen molar-refractivity contribution in [3.63, 3.8) is 0 Å². The van der Waals surface area contributed by atoms with Gasteiger partial charge in [-0.2, -0.15) is 11.3 Å². The lowest BCUT2D eigenvalue weighted by Gasteiger charge is -2.30. The van der Waals surface area contributed by atoms with Crippen LogP contribution in [0.2, 0.25) is 0 Å². The van der Waals surface area contributed by atoms with E-state index in [2.05, 4.69) is 10.4 Å². The SMILES string of the molecule is O=C1CCCC2=C1[C@@H](c1ccsc1)c1c([nH]n(-c3ccccc3)c1=O)N2. The smallest absolute Gasteiger partial charge is 0.277 e. The summed E-state index contributed by atoms with van der Waals surface area (Å²) in [7, 11) is 0. The van der Waals surface area contributed by atoms with Gasteiger partial charge in [-0.3, -0.25) is 14.7 Å². The number of benzene rings is 1. The molecule has 2 aliphatic rings. The molecular weight excluding hydrogens is 346 g/mol. The lowest BCUT2D eigenvalue weighted by molar-refractivity contribution is -0.116. The molecule has 2 aromatic heterocycles. The number of aromatic amines is 1. The van der Waals surface area contributed by atoms with Crippen molar-refractivity contribution in [1.29, 1.82) is 0 Å². The Morgan fingerprint density at radius 2 is 1.92 bits per heavy atom. The lowest BCUT2D eigenvalue weighted by atomic mass is 9.77. The van der Waals surface area contributed by atoms with Crippen molar-refractivity contribution in [2.24, 2.45) is 0 Å². The van der Waals surface area contributed by atoms with Crippen molar-refractivity contribution in [3.8, 4) is 5.69 Å². The van der Waals surface area contributed by atoms with Crippen LogP contribution >= 0.6 is 11.3 Å². The van der Waals surface area contributed by atoms with Gasteiger partial charge in [0.15, 0.2) is 5.78 Å². The fraction of sp³-hybridized carbons (Fsp3) is 0.200. The fourth-order valence-corrected chi connectivity index (χ4v) is 4.65. The zero-order valence-corrected chi connectivity index (χ0v) is 14.8. The third kappa shape index (κ3) is 2.22. The van der Waals surface area contributed by atoms with Crippen LogP contribution in [-0.4, -0.2) is 15.6 Å². The van der Waals surface area contributed by atoms with E-state index in [1.807, 2.05) is 47.2 Å². The van der Waals surface area contributed by atoms with E-state index in [0.717, 1.165) is 35.4 Å². The highest BCUT2D eigenvalue weighted by Gasteiger charge is 2.38. The summed E-state index contributed by atoms with van der Waals surface area (Å²) in [5.41, 5.74) is 4.02. The van der Waals surface area contributed by atoms with E-state index in [0.29, 0.717) is 17.8 Å². The second kappa shape index (κ2) is 5.85. The van der Waals surface area contributed by atoms with Crippen molar-refractivity contribution >= 4 is 22.9 Å². The summed E-state index contributed by atoms with van der Waals surface area (Å²) >= 11 is 1.58. The molecule has 5 nitrogen and oxygen atoms in total.